The molecule has 0 fully saturated rings. The van der Waals surface area contributed by atoms with Gasteiger partial charge in [0.25, 0.3) is 0 Å². The lowest BCUT2D eigenvalue weighted by Gasteiger charge is -2.23. The molecular weight excluding hydrogens is 287 g/mol. The van der Waals surface area contributed by atoms with Gasteiger partial charge in [-0.15, -0.1) is 0 Å². The quantitative estimate of drug-likeness (QED) is 0.469. The van der Waals surface area contributed by atoms with Crippen LogP contribution in [0.25, 0.3) is 0 Å². The largest absolute Gasteiger partial charge is 0.331 e. The maximum absolute atomic E-state index is 11.1. The molecule has 0 saturated carbocycles. The van der Waals surface area contributed by atoms with Crippen molar-refractivity contribution in [2.45, 2.75) is 0 Å². The summed E-state index contributed by atoms with van der Waals surface area (Å²) in [7, 11) is 1.66. The number of nitrogens with zero attached hydrogens (tertiary/aromatic N) is 2. The fourth-order valence-electron chi connectivity index (χ4n) is 1.83. The van der Waals surface area contributed by atoms with Crippen molar-refractivity contribution in [3.05, 3.63) is 63.7 Å². The predicted molar refractivity (Wildman–Crippen MR) is 77.8 cm³/mol. The maximum atomic E-state index is 11.1. The van der Waals surface area contributed by atoms with E-state index in [2.05, 4.69) is 0 Å². The summed E-state index contributed by atoms with van der Waals surface area (Å²) in [5.74, 6) is 0. The van der Waals surface area contributed by atoms with E-state index in [1.54, 1.807) is 19.2 Å². The molecule has 0 heterocycles. The van der Waals surface area contributed by atoms with E-state index in [0.29, 0.717) is 10.7 Å². The summed E-state index contributed by atoms with van der Waals surface area (Å²) in [5, 5.41) is 11.5. The van der Waals surface area contributed by atoms with Gasteiger partial charge in [-0.2, -0.15) is 4.00 Å². The Balaban J connectivity index is 2.63. The number of benzene rings is 2. The first-order chi connectivity index (χ1) is 8.93. The van der Waals surface area contributed by atoms with Crippen molar-refractivity contribution in [3.8, 4) is 0 Å². The van der Waals surface area contributed by atoms with E-state index in [0.717, 1.165) is 5.69 Å². The van der Waals surface area contributed by atoms with Gasteiger partial charge in [-0.3, -0.25) is 10.1 Å². The van der Waals surface area contributed by atoms with Crippen LogP contribution in [0.4, 0.5) is 17.1 Å². The van der Waals surface area contributed by atoms with Crippen LogP contribution >= 0.6 is 23.4 Å². The number of nitro benzene ring substituents is 1. The van der Waals surface area contributed by atoms with Gasteiger partial charge < -0.3 is 0 Å². The fraction of sp³-hybridized carbons (Fsp3) is 0.0769. The van der Waals surface area contributed by atoms with E-state index >= 15 is 0 Å². The lowest BCUT2D eigenvalue weighted by Crippen LogP contribution is -2.28. The lowest BCUT2D eigenvalue weighted by atomic mass is 10.2. The van der Waals surface area contributed by atoms with Crippen LogP contribution in [0.2, 0.25) is 5.02 Å². The molecule has 4 nitrogen and oxygen atoms in total. The molecule has 1 unspecified atom stereocenters. The molecule has 2 aromatic rings. The molecule has 0 saturated heterocycles. The van der Waals surface area contributed by atoms with Gasteiger partial charge in [-0.05, 0) is 6.07 Å². The minimum Gasteiger partial charge on any atom is -0.258 e. The Morgan fingerprint density at radius 2 is 1.79 bits per heavy atom. The van der Waals surface area contributed by atoms with Gasteiger partial charge in [0, 0.05) is 29.3 Å². The predicted octanol–water partition coefficient (Wildman–Crippen LogP) is 4.67. The van der Waals surface area contributed by atoms with E-state index in [-0.39, 0.29) is 9.69 Å². The number of hydrogen-bond donors (Lipinski definition) is 0. The summed E-state index contributed by atoms with van der Waals surface area (Å²) in [6, 6.07) is 13.5. The smallest absolute Gasteiger partial charge is 0.258 e. The highest BCUT2D eigenvalue weighted by Gasteiger charge is 2.35. The maximum Gasteiger partial charge on any atom is 0.331 e. The summed E-state index contributed by atoms with van der Waals surface area (Å²) in [4.78, 5) is 10.6. The summed E-state index contributed by atoms with van der Waals surface area (Å²) in [6.07, 6.45) is 0. The van der Waals surface area contributed by atoms with Crippen molar-refractivity contribution in [1.82, 2.24) is 4.00 Å². The minimum atomic E-state index is -0.465. The zero-order valence-electron chi connectivity index (χ0n) is 10.1. The monoisotopic (exact) mass is 297 g/mol. The SMILES string of the molecule is C[N+](Cl)(c1ccccc1)c1cc(Cl)ccc1[N+](=O)[O-]. The number of halogens is 2. The number of hydrogen-bond acceptors (Lipinski definition) is 2. The van der Waals surface area contributed by atoms with Gasteiger partial charge in [0.05, 0.1) is 12.0 Å². The molecule has 0 radical (unpaired) electrons. The topological polar surface area (TPSA) is 43.1 Å². The highest BCUT2D eigenvalue weighted by molar-refractivity contribution is 6.31. The second-order valence-corrected chi connectivity index (χ2v) is 5.24. The first-order valence-corrected chi connectivity index (χ1v) is 6.21. The highest BCUT2D eigenvalue weighted by atomic mass is 35.5. The van der Waals surface area contributed by atoms with Gasteiger partial charge in [0.15, 0.2) is 17.5 Å². The van der Waals surface area contributed by atoms with Crippen molar-refractivity contribution in [3.63, 3.8) is 0 Å². The van der Waals surface area contributed by atoms with Gasteiger partial charge in [0.1, 0.15) is 0 Å². The lowest BCUT2D eigenvalue weighted by molar-refractivity contribution is -0.384. The van der Waals surface area contributed by atoms with E-state index in [9.17, 15) is 10.1 Å². The van der Waals surface area contributed by atoms with Crippen molar-refractivity contribution in [2.24, 2.45) is 0 Å². The molecule has 0 aromatic heterocycles. The van der Waals surface area contributed by atoms with Crippen LogP contribution in [-0.2, 0) is 0 Å². The molecule has 98 valence electrons. The van der Waals surface area contributed by atoms with E-state index in [4.69, 9.17) is 23.4 Å². The number of nitro groups is 1. The van der Waals surface area contributed by atoms with Gasteiger partial charge >= 0.3 is 5.69 Å². The Bertz CT molecular complexity index is 615. The standard InChI is InChI=1S/C13H11Cl2N2O2/c1-17(15,11-5-3-2-4-6-11)13-9-10(14)7-8-12(13)16(18)19/h2-9H,1H3/q+1. The molecule has 0 bridgehead atoms. The second kappa shape index (κ2) is 5.17. The molecule has 0 aliphatic heterocycles. The number of rotatable bonds is 3. The van der Waals surface area contributed by atoms with Crippen LogP contribution in [0.15, 0.2) is 48.5 Å². The third-order valence-electron chi connectivity index (χ3n) is 2.83. The molecule has 19 heavy (non-hydrogen) atoms. The second-order valence-electron chi connectivity index (χ2n) is 4.12. The van der Waals surface area contributed by atoms with Crippen LogP contribution in [-0.4, -0.2) is 12.0 Å². The average molecular weight is 298 g/mol. The molecule has 0 aliphatic rings. The molecule has 2 aromatic carbocycles. The third kappa shape index (κ3) is 2.71. The highest BCUT2D eigenvalue weighted by Crippen LogP contribution is 2.42. The summed E-state index contributed by atoms with van der Waals surface area (Å²) < 4.78 is -0.266. The first kappa shape index (κ1) is 13.8. The molecule has 0 amide bonds. The Labute approximate surface area is 120 Å². The summed E-state index contributed by atoms with van der Waals surface area (Å²) in [5.41, 5.74) is 0.977. The van der Waals surface area contributed by atoms with E-state index in [1.807, 2.05) is 18.2 Å². The molecule has 0 aliphatic carbocycles. The average Bonchev–Trinajstić information content (AvgIpc) is 2.39. The Morgan fingerprint density at radius 1 is 1.16 bits per heavy atom. The Morgan fingerprint density at radius 3 is 2.37 bits per heavy atom. The number of para-hydroxylation sites is 1. The van der Waals surface area contributed by atoms with Crippen molar-refractivity contribution in [2.75, 3.05) is 7.05 Å². The van der Waals surface area contributed by atoms with E-state index in [1.165, 1.54) is 18.2 Å². The van der Waals surface area contributed by atoms with Crippen molar-refractivity contribution in [1.29, 1.82) is 0 Å². The van der Waals surface area contributed by atoms with Gasteiger partial charge in [-0.25, -0.2) is 0 Å². The fourth-order valence-corrected chi connectivity index (χ4v) is 2.25. The van der Waals surface area contributed by atoms with Crippen LogP contribution in [0, 0.1) is 10.1 Å². The van der Waals surface area contributed by atoms with Crippen LogP contribution in [0.3, 0.4) is 0 Å². The van der Waals surface area contributed by atoms with Crippen LogP contribution < -0.4 is 4.00 Å². The first-order valence-electron chi connectivity index (χ1n) is 5.49. The molecular formula is C13H11Cl2N2O2+. The Hall–Kier alpha value is -1.62. The third-order valence-corrected chi connectivity index (χ3v) is 3.44. The molecule has 0 N–H and O–H groups in total. The van der Waals surface area contributed by atoms with Crippen molar-refractivity contribution >= 4 is 40.4 Å². The van der Waals surface area contributed by atoms with E-state index < -0.39 is 4.92 Å². The zero-order chi connectivity index (χ0) is 14.0. The molecule has 6 heteroatoms. The molecule has 1 atom stereocenters. The minimum absolute atomic E-state index is 0.0641. The summed E-state index contributed by atoms with van der Waals surface area (Å²) >= 11 is 12.4. The van der Waals surface area contributed by atoms with Crippen molar-refractivity contribution < 1.29 is 4.92 Å². The van der Waals surface area contributed by atoms with Crippen LogP contribution in [0.5, 0.6) is 0 Å². The number of quaternary nitrogens is 1. The normalized spacial score (nSPS) is 13.8. The summed E-state index contributed by atoms with van der Waals surface area (Å²) in [6.45, 7) is 0. The molecule has 0 spiro atoms. The zero-order valence-corrected chi connectivity index (χ0v) is 11.6. The molecule has 2 rings (SSSR count). The Kier molecular flexibility index (Phi) is 3.75. The van der Waals surface area contributed by atoms with Crippen LogP contribution in [0.1, 0.15) is 0 Å². The van der Waals surface area contributed by atoms with Gasteiger partial charge in [-0.1, -0.05) is 29.8 Å². The van der Waals surface area contributed by atoms with Gasteiger partial charge in [0.2, 0.25) is 5.69 Å².